The molecule has 164 valence electrons. The minimum absolute atomic E-state index is 0.0287. The second-order valence-electron chi connectivity index (χ2n) is 9.02. The predicted octanol–water partition coefficient (Wildman–Crippen LogP) is 6.19. The summed E-state index contributed by atoms with van der Waals surface area (Å²) in [4.78, 5) is 24.8. The van der Waals surface area contributed by atoms with Crippen molar-refractivity contribution in [1.82, 2.24) is 0 Å². The van der Waals surface area contributed by atoms with Gasteiger partial charge in [0.1, 0.15) is 16.8 Å². The zero-order chi connectivity index (χ0) is 23.0. The van der Waals surface area contributed by atoms with Gasteiger partial charge in [-0.3, -0.25) is 14.9 Å². The maximum absolute atomic E-state index is 12.8. The number of hydrogen-bond donors (Lipinski definition) is 1. The number of para-hydroxylation sites is 1. The Morgan fingerprint density at radius 3 is 2.72 bits per heavy atom. The van der Waals surface area contributed by atoms with Crippen LogP contribution in [0.5, 0.6) is 0 Å². The van der Waals surface area contributed by atoms with Crippen LogP contribution in [0.3, 0.4) is 0 Å². The third-order valence-corrected chi connectivity index (χ3v) is 7.19. The van der Waals surface area contributed by atoms with Gasteiger partial charge in [0.25, 0.3) is 11.6 Å². The minimum atomic E-state index is -0.489. The van der Waals surface area contributed by atoms with Gasteiger partial charge in [-0.25, -0.2) is 0 Å². The van der Waals surface area contributed by atoms with Crippen LogP contribution in [0, 0.1) is 32.8 Å². The number of nitro groups is 1. The molecule has 0 spiro atoms. The van der Waals surface area contributed by atoms with E-state index in [-0.39, 0.29) is 22.6 Å². The number of benzene rings is 1. The van der Waals surface area contributed by atoms with Crippen molar-refractivity contribution in [3.8, 4) is 17.4 Å². The summed E-state index contributed by atoms with van der Waals surface area (Å²) in [5.41, 5.74) is 1.95. The highest BCUT2D eigenvalue weighted by Gasteiger charge is 2.32. The molecular formula is C24H23N3O4S. The van der Waals surface area contributed by atoms with E-state index in [0.717, 1.165) is 29.7 Å². The van der Waals surface area contributed by atoms with Gasteiger partial charge in [0.15, 0.2) is 5.76 Å². The Morgan fingerprint density at radius 1 is 1.28 bits per heavy atom. The summed E-state index contributed by atoms with van der Waals surface area (Å²) < 4.78 is 5.64. The van der Waals surface area contributed by atoms with Crippen LogP contribution in [0.1, 0.15) is 53.8 Å². The van der Waals surface area contributed by atoms with E-state index in [2.05, 4.69) is 32.2 Å². The van der Waals surface area contributed by atoms with Gasteiger partial charge in [0.05, 0.1) is 16.1 Å². The van der Waals surface area contributed by atoms with Gasteiger partial charge >= 0.3 is 0 Å². The fourth-order valence-electron chi connectivity index (χ4n) is 4.14. The summed E-state index contributed by atoms with van der Waals surface area (Å²) in [5.74, 6) is 0.303. The third kappa shape index (κ3) is 4.04. The summed E-state index contributed by atoms with van der Waals surface area (Å²) in [6, 6.07) is 11.5. The van der Waals surface area contributed by atoms with Gasteiger partial charge in [-0.1, -0.05) is 32.9 Å². The van der Waals surface area contributed by atoms with E-state index >= 15 is 0 Å². The number of furan rings is 1. The first-order valence-electron chi connectivity index (χ1n) is 10.4. The number of rotatable bonds is 4. The highest BCUT2D eigenvalue weighted by molar-refractivity contribution is 7.16. The summed E-state index contributed by atoms with van der Waals surface area (Å²) in [6.45, 7) is 6.70. The molecule has 8 heteroatoms. The number of nitrogens with one attached hydrogen (secondary N) is 1. The molecule has 3 aromatic rings. The summed E-state index contributed by atoms with van der Waals surface area (Å²) in [6.07, 6.45) is 2.75. The van der Waals surface area contributed by atoms with E-state index in [9.17, 15) is 20.2 Å². The van der Waals surface area contributed by atoms with Crippen LogP contribution in [0.25, 0.3) is 11.3 Å². The van der Waals surface area contributed by atoms with E-state index in [4.69, 9.17) is 4.42 Å². The molecule has 0 saturated heterocycles. The second-order valence-corrected chi connectivity index (χ2v) is 10.1. The normalized spacial score (nSPS) is 15.6. The highest BCUT2D eigenvalue weighted by Crippen LogP contribution is 2.44. The Kier molecular flexibility index (Phi) is 5.61. The molecule has 2 heterocycles. The first kappa shape index (κ1) is 21.8. The van der Waals surface area contributed by atoms with Crippen LogP contribution >= 0.6 is 11.3 Å². The van der Waals surface area contributed by atoms with Crippen molar-refractivity contribution >= 4 is 27.9 Å². The van der Waals surface area contributed by atoms with Crippen molar-refractivity contribution in [3.63, 3.8) is 0 Å². The van der Waals surface area contributed by atoms with E-state index < -0.39 is 10.8 Å². The van der Waals surface area contributed by atoms with Crippen molar-refractivity contribution < 1.29 is 14.1 Å². The molecule has 1 atom stereocenters. The molecule has 0 unspecified atom stereocenters. The molecule has 1 aromatic carbocycles. The van der Waals surface area contributed by atoms with E-state index in [0.29, 0.717) is 22.0 Å². The average molecular weight is 450 g/mol. The maximum Gasteiger partial charge on any atom is 0.292 e. The fraction of sp³-hybridized carbons (Fsp3) is 0.333. The number of hydrogen-bond acceptors (Lipinski definition) is 6. The number of carbonyl (C=O) groups excluding carboxylic acids is 1. The van der Waals surface area contributed by atoms with Crippen LogP contribution in [-0.2, 0) is 12.8 Å². The molecule has 1 aliphatic carbocycles. The Balaban J connectivity index is 1.58. The van der Waals surface area contributed by atoms with Crippen LogP contribution in [-0.4, -0.2) is 10.8 Å². The van der Waals surface area contributed by atoms with Crippen molar-refractivity contribution in [2.75, 3.05) is 5.32 Å². The molecule has 0 radical (unpaired) electrons. The zero-order valence-electron chi connectivity index (χ0n) is 18.1. The Bertz CT molecular complexity index is 1240. The minimum Gasteiger partial charge on any atom is -0.451 e. The summed E-state index contributed by atoms with van der Waals surface area (Å²) in [5, 5.41) is 24.4. The number of nitriles is 1. The number of nitrogens with zero attached hydrogens (tertiary/aromatic N) is 2. The lowest BCUT2D eigenvalue weighted by Crippen LogP contribution is -2.26. The predicted molar refractivity (Wildman–Crippen MR) is 123 cm³/mol. The zero-order valence-corrected chi connectivity index (χ0v) is 18.9. The lowest BCUT2D eigenvalue weighted by atomic mass is 9.72. The third-order valence-electron chi connectivity index (χ3n) is 6.02. The largest absolute Gasteiger partial charge is 0.451 e. The number of thiophene rings is 1. The van der Waals surface area contributed by atoms with E-state index in [1.54, 1.807) is 18.2 Å². The van der Waals surface area contributed by atoms with Gasteiger partial charge in [-0.15, -0.1) is 11.3 Å². The van der Waals surface area contributed by atoms with Crippen LogP contribution in [0.15, 0.2) is 40.8 Å². The molecule has 0 saturated carbocycles. The molecule has 7 nitrogen and oxygen atoms in total. The molecule has 1 N–H and O–H groups in total. The summed E-state index contributed by atoms with van der Waals surface area (Å²) >= 11 is 1.45. The maximum atomic E-state index is 12.8. The molecule has 0 bridgehead atoms. The molecule has 2 aromatic heterocycles. The van der Waals surface area contributed by atoms with Crippen molar-refractivity contribution in [2.45, 2.75) is 40.0 Å². The fourth-order valence-corrected chi connectivity index (χ4v) is 5.41. The lowest BCUT2D eigenvalue weighted by Gasteiger charge is -2.33. The van der Waals surface area contributed by atoms with Gasteiger partial charge in [-0.2, -0.15) is 5.26 Å². The smallest absolute Gasteiger partial charge is 0.292 e. The number of anilines is 1. The van der Waals surface area contributed by atoms with Gasteiger partial charge < -0.3 is 9.73 Å². The second kappa shape index (κ2) is 8.24. The molecule has 1 aliphatic rings. The van der Waals surface area contributed by atoms with Gasteiger partial charge in [0, 0.05) is 10.9 Å². The Labute approximate surface area is 189 Å². The monoisotopic (exact) mass is 449 g/mol. The number of nitro benzene ring substituents is 1. The van der Waals surface area contributed by atoms with Crippen molar-refractivity contribution in [1.29, 1.82) is 5.26 Å². The Morgan fingerprint density at radius 2 is 2.03 bits per heavy atom. The van der Waals surface area contributed by atoms with Crippen molar-refractivity contribution in [2.24, 2.45) is 11.3 Å². The summed E-state index contributed by atoms with van der Waals surface area (Å²) in [7, 11) is 0. The first-order valence-corrected chi connectivity index (χ1v) is 11.2. The number of amides is 1. The van der Waals surface area contributed by atoms with Crippen LogP contribution in [0.2, 0.25) is 0 Å². The van der Waals surface area contributed by atoms with E-state index in [1.165, 1.54) is 29.5 Å². The van der Waals surface area contributed by atoms with E-state index in [1.807, 2.05) is 0 Å². The van der Waals surface area contributed by atoms with Gasteiger partial charge in [0.2, 0.25) is 0 Å². The Hall–Kier alpha value is -3.44. The van der Waals surface area contributed by atoms with Crippen molar-refractivity contribution in [3.05, 3.63) is 68.3 Å². The van der Waals surface area contributed by atoms with Gasteiger partial charge in [-0.05, 0) is 54.4 Å². The first-order chi connectivity index (χ1) is 15.2. The molecular weight excluding hydrogens is 426 g/mol. The molecule has 0 aliphatic heterocycles. The average Bonchev–Trinajstić information content (AvgIpc) is 3.37. The highest BCUT2D eigenvalue weighted by atomic mass is 32.1. The SMILES string of the molecule is CC(C)(C)[C@@H]1CCc2c(sc(NC(=O)c3ccc(-c4ccccc4[N+](=O)[O-])o3)c2C#N)C1. The number of carbonyl (C=O) groups is 1. The standard InChI is InChI=1S/C24H23N3O4S/c1-24(2,3)14-8-9-15-17(13-25)23(32-21(15)12-14)26-22(28)20-11-10-19(31-20)16-6-4-5-7-18(16)27(29)30/h4-7,10-11,14H,8-9,12H2,1-3H3,(H,26,28)/t14-/m1/s1. The molecule has 4 rings (SSSR count). The molecule has 0 fully saturated rings. The molecule has 32 heavy (non-hydrogen) atoms. The molecule has 1 amide bonds. The van der Waals surface area contributed by atoms with Crippen LogP contribution in [0.4, 0.5) is 10.7 Å². The topological polar surface area (TPSA) is 109 Å². The van der Waals surface area contributed by atoms with Crippen LogP contribution < -0.4 is 5.32 Å². The number of fused-ring (bicyclic) bond motifs is 1. The lowest BCUT2D eigenvalue weighted by molar-refractivity contribution is -0.384. The quantitative estimate of drug-likeness (QED) is 0.377.